The highest BCUT2D eigenvalue weighted by atomic mass is 32.2. The zero-order valence-electron chi connectivity index (χ0n) is 13.7. The number of rotatable bonds is 5. The van der Waals surface area contributed by atoms with Crippen molar-refractivity contribution in [2.45, 2.75) is 33.0 Å². The number of ether oxygens (including phenoxy) is 1. The molecule has 2 amide bonds. The first kappa shape index (κ1) is 18.4. The molecular formula is C16H22N2O5S. The van der Waals surface area contributed by atoms with Crippen LogP contribution in [-0.4, -0.2) is 37.8 Å². The Morgan fingerprint density at radius 1 is 1.21 bits per heavy atom. The van der Waals surface area contributed by atoms with Gasteiger partial charge >= 0.3 is 0 Å². The van der Waals surface area contributed by atoms with Gasteiger partial charge in [0.2, 0.25) is 5.91 Å². The van der Waals surface area contributed by atoms with Gasteiger partial charge in [0.05, 0.1) is 30.1 Å². The van der Waals surface area contributed by atoms with Crippen molar-refractivity contribution >= 4 is 21.7 Å². The summed E-state index contributed by atoms with van der Waals surface area (Å²) in [4.78, 5) is 23.9. The third-order valence-electron chi connectivity index (χ3n) is 3.70. The average molecular weight is 354 g/mol. The molecule has 0 aromatic heterocycles. The first-order valence-electron chi connectivity index (χ1n) is 7.78. The quantitative estimate of drug-likeness (QED) is 0.762. The molecule has 1 aromatic carbocycles. The van der Waals surface area contributed by atoms with Gasteiger partial charge < -0.3 is 4.74 Å². The highest BCUT2D eigenvalue weighted by Gasteiger charge is 2.33. The first-order chi connectivity index (χ1) is 11.3. The molecular weight excluding hydrogens is 332 g/mol. The SMILES string of the molecule is CC(C)OCc1ccc(C(=O)NNC(=O)[C@@H]2CCS(=O)(=O)C2)cc1. The van der Waals surface area contributed by atoms with E-state index in [1.54, 1.807) is 24.3 Å². The van der Waals surface area contributed by atoms with Crippen LogP contribution in [0.3, 0.4) is 0 Å². The number of sulfone groups is 1. The van der Waals surface area contributed by atoms with Gasteiger partial charge in [-0.05, 0) is 38.0 Å². The number of carbonyl (C=O) groups is 2. The highest BCUT2D eigenvalue weighted by Crippen LogP contribution is 2.18. The fourth-order valence-electron chi connectivity index (χ4n) is 2.31. The van der Waals surface area contributed by atoms with Crippen LogP contribution in [0, 0.1) is 5.92 Å². The lowest BCUT2D eigenvalue weighted by molar-refractivity contribution is -0.125. The van der Waals surface area contributed by atoms with Gasteiger partial charge in [0.1, 0.15) is 0 Å². The molecule has 8 heteroatoms. The van der Waals surface area contributed by atoms with E-state index in [9.17, 15) is 18.0 Å². The van der Waals surface area contributed by atoms with Crippen LogP contribution in [0.25, 0.3) is 0 Å². The van der Waals surface area contributed by atoms with Crippen LogP contribution in [0.1, 0.15) is 36.2 Å². The molecule has 0 bridgehead atoms. The van der Waals surface area contributed by atoms with Crippen molar-refractivity contribution in [3.8, 4) is 0 Å². The predicted octanol–water partition coefficient (Wildman–Crippen LogP) is 0.807. The van der Waals surface area contributed by atoms with Crippen LogP contribution >= 0.6 is 0 Å². The van der Waals surface area contributed by atoms with E-state index < -0.39 is 27.6 Å². The van der Waals surface area contributed by atoms with Gasteiger partial charge in [-0.2, -0.15) is 0 Å². The number of carbonyl (C=O) groups excluding carboxylic acids is 2. The summed E-state index contributed by atoms with van der Waals surface area (Å²) in [7, 11) is -3.13. The molecule has 0 radical (unpaired) electrons. The Morgan fingerprint density at radius 2 is 1.88 bits per heavy atom. The minimum absolute atomic E-state index is 0.0128. The summed E-state index contributed by atoms with van der Waals surface area (Å²) in [6.07, 6.45) is 0.414. The molecule has 0 unspecified atom stereocenters. The standard InChI is InChI=1S/C16H22N2O5S/c1-11(2)23-9-12-3-5-13(6-4-12)15(19)17-18-16(20)14-7-8-24(21,22)10-14/h3-6,11,14H,7-10H2,1-2H3,(H,17,19)(H,18,20)/t14-/m1/s1. The van der Waals surface area contributed by atoms with E-state index in [1.165, 1.54) is 0 Å². The van der Waals surface area contributed by atoms with Gasteiger partial charge in [-0.15, -0.1) is 0 Å². The van der Waals surface area contributed by atoms with Crippen LogP contribution < -0.4 is 10.9 Å². The molecule has 1 heterocycles. The van der Waals surface area contributed by atoms with Crippen molar-refractivity contribution in [3.05, 3.63) is 35.4 Å². The average Bonchev–Trinajstić information content (AvgIpc) is 2.91. The smallest absolute Gasteiger partial charge is 0.269 e. The summed E-state index contributed by atoms with van der Waals surface area (Å²) in [5.74, 6) is -1.70. The van der Waals surface area contributed by atoms with Crippen molar-refractivity contribution in [1.29, 1.82) is 0 Å². The van der Waals surface area contributed by atoms with Gasteiger partial charge in [-0.25, -0.2) is 8.42 Å². The van der Waals surface area contributed by atoms with Crippen LogP contribution in [0.5, 0.6) is 0 Å². The normalized spacial score (nSPS) is 19.2. The van der Waals surface area contributed by atoms with Crippen molar-refractivity contribution in [2.75, 3.05) is 11.5 Å². The molecule has 24 heavy (non-hydrogen) atoms. The summed E-state index contributed by atoms with van der Waals surface area (Å²) in [5, 5.41) is 0. The van der Waals surface area contributed by atoms with E-state index in [4.69, 9.17) is 4.74 Å². The van der Waals surface area contributed by atoms with Gasteiger partial charge in [0, 0.05) is 5.56 Å². The molecule has 1 aromatic rings. The summed E-state index contributed by atoms with van der Waals surface area (Å²) in [6.45, 7) is 4.35. The second kappa shape index (κ2) is 7.76. The summed E-state index contributed by atoms with van der Waals surface area (Å²) >= 11 is 0. The molecule has 1 aliphatic rings. The third-order valence-corrected chi connectivity index (χ3v) is 5.47. The fraction of sp³-hybridized carbons (Fsp3) is 0.500. The Morgan fingerprint density at radius 3 is 2.42 bits per heavy atom. The number of hydrazine groups is 1. The second-order valence-corrected chi connectivity index (χ2v) is 8.33. The molecule has 1 saturated heterocycles. The van der Waals surface area contributed by atoms with E-state index in [-0.39, 0.29) is 24.0 Å². The number of amides is 2. The summed E-state index contributed by atoms with van der Waals surface area (Å²) in [5.41, 5.74) is 5.93. The second-order valence-electron chi connectivity index (χ2n) is 6.10. The Hall–Kier alpha value is -1.93. The minimum atomic E-state index is -3.13. The monoisotopic (exact) mass is 354 g/mol. The lowest BCUT2D eigenvalue weighted by Crippen LogP contribution is -2.44. The molecule has 2 rings (SSSR count). The number of nitrogens with one attached hydrogen (secondary N) is 2. The molecule has 0 spiro atoms. The van der Waals surface area contributed by atoms with Crippen molar-refractivity contribution < 1.29 is 22.7 Å². The number of hydrogen-bond donors (Lipinski definition) is 2. The molecule has 132 valence electrons. The Kier molecular flexibility index (Phi) is 5.95. The van der Waals surface area contributed by atoms with E-state index in [2.05, 4.69) is 10.9 Å². The molecule has 0 saturated carbocycles. The Bertz CT molecular complexity index is 698. The van der Waals surface area contributed by atoms with Gasteiger partial charge in [0.25, 0.3) is 5.91 Å². The van der Waals surface area contributed by atoms with Gasteiger partial charge in [-0.1, -0.05) is 12.1 Å². The lowest BCUT2D eigenvalue weighted by atomic mass is 10.1. The highest BCUT2D eigenvalue weighted by molar-refractivity contribution is 7.91. The third kappa shape index (κ3) is 5.31. The largest absolute Gasteiger partial charge is 0.374 e. The zero-order valence-corrected chi connectivity index (χ0v) is 14.6. The molecule has 1 fully saturated rings. The van der Waals surface area contributed by atoms with E-state index >= 15 is 0 Å². The molecule has 2 N–H and O–H groups in total. The summed E-state index contributed by atoms with van der Waals surface area (Å²) < 4.78 is 28.2. The predicted molar refractivity (Wildman–Crippen MR) is 88.7 cm³/mol. The molecule has 1 aliphatic heterocycles. The number of benzene rings is 1. The van der Waals surface area contributed by atoms with E-state index in [0.717, 1.165) is 5.56 Å². The Balaban J connectivity index is 1.83. The molecule has 0 aliphatic carbocycles. The van der Waals surface area contributed by atoms with Crippen LogP contribution in [-0.2, 0) is 26.0 Å². The van der Waals surface area contributed by atoms with Crippen molar-refractivity contribution in [1.82, 2.24) is 10.9 Å². The van der Waals surface area contributed by atoms with Gasteiger partial charge in [-0.3, -0.25) is 20.4 Å². The maximum Gasteiger partial charge on any atom is 0.269 e. The van der Waals surface area contributed by atoms with Gasteiger partial charge in [0.15, 0.2) is 9.84 Å². The summed E-state index contributed by atoms with van der Waals surface area (Å²) in [6, 6.07) is 6.84. The maximum atomic E-state index is 12.0. The van der Waals surface area contributed by atoms with E-state index in [1.807, 2.05) is 13.8 Å². The maximum absolute atomic E-state index is 12.0. The minimum Gasteiger partial charge on any atom is -0.374 e. The van der Waals surface area contributed by atoms with Crippen LogP contribution in [0.4, 0.5) is 0 Å². The number of hydrogen-bond acceptors (Lipinski definition) is 5. The fourth-order valence-corrected chi connectivity index (χ4v) is 4.05. The lowest BCUT2D eigenvalue weighted by Gasteiger charge is -2.11. The van der Waals surface area contributed by atoms with Crippen LogP contribution in [0.15, 0.2) is 24.3 Å². The first-order valence-corrected chi connectivity index (χ1v) is 9.60. The topological polar surface area (TPSA) is 102 Å². The molecule has 1 atom stereocenters. The zero-order chi connectivity index (χ0) is 17.7. The van der Waals surface area contributed by atoms with Crippen molar-refractivity contribution in [2.24, 2.45) is 5.92 Å². The van der Waals surface area contributed by atoms with Crippen LogP contribution in [0.2, 0.25) is 0 Å². The molecule has 7 nitrogen and oxygen atoms in total. The van der Waals surface area contributed by atoms with Crippen molar-refractivity contribution in [3.63, 3.8) is 0 Å². The van der Waals surface area contributed by atoms with E-state index in [0.29, 0.717) is 12.2 Å². The Labute approximate surface area is 141 Å².